The summed E-state index contributed by atoms with van der Waals surface area (Å²) in [5.74, 6) is 0. The molecule has 0 saturated heterocycles. The summed E-state index contributed by atoms with van der Waals surface area (Å²) in [5, 5.41) is 6.49. The van der Waals surface area contributed by atoms with Crippen LogP contribution >= 0.6 is 0 Å². The average molecular weight is 834 g/mol. The summed E-state index contributed by atoms with van der Waals surface area (Å²) in [6.45, 7) is 0. The number of benzene rings is 11. The minimum absolute atomic E-state index is 0.103. The fourth-order valence-electron chi connectivity index (χ4n) is 9.32. The van der Waals surface area contributed by atoms with Gasteiger partial charge in [0.2, 0.25) is 0 Å². The van der Waals surface area contributed by atoms with E-state index in [4.69, 9.17) is 0 Å². The molecule has 0 spiro atoms. The molecule has 0 saturated carbocycles. The van der Waals surface area contributed by atoms with Crippen LogP contribution in [0.15, 0.2) is 261 Å². The van der Waals surface area contributed by atoms with Crippen LogP contribution in [0, 0.1) is 0 Å². The lowest BCUT2D eigenvalue weighted by Crippen LogP contribution is -2.10. The summed E-state index contributed by atoms with van der Waals surface area (Å²) < 4.78 is 40.4. The molecule has 0 radical (unpaired) electrons. The van der Waals surface area contributed by atoms with Gasteiger partial charge in [-0.3, -0.25) is 0 Å². The van der Waals surface area contributed by atoms with E-state index in [-0.39, 0.29) is 35.4 Å². The third kappa shape index (κ3) is 6.97. The number of fused-ring (bicyclic) bond motifs is 5. The summed E-state index contributed by atoms with van der Waals surface area (Å²) in [7, 11) is 0. The van der Waals surface area contributed by atoms with Crippen LogP contribution in [0.1, 0.15) is 5.48 Å². The van der Waals surface area contributed by atoms with E-state index >= 15 is 0 Å². The number of aromatic nitrogens is 1. The fourth-order valence-corrected chi connectivity index (χ4v) is 9.32. The van der Waals surface area contributed by atoms with E-state index in [0.29, 0.717) is 5.56 Å². The molecule has 0 fully saturated rings. The van der Waals surface area contributed by atoms with Gasteiger partial charge < -0.3 is 14.4 Å². The highest BCUT2D eigenvalue weighted by atomic mass is 15.1. The number of nitrogens with zero attached hydrogens (tertiary/aromatic N) is 3. The number of rotatable bonds is 9. The number of hydrogen-bond donors (Lipinski definition) is 0. The first kappa shape index (κ1) is 33.9. The monoisotopic (exact) mass is 833 g/mol. The van der Waals surface area contributed by atoms with Gasteiger partial charge in [-0.2, -0.15) is 0 Å². The lowest BCUT2D eigenvalue weighted by atomic mass is 9.99. The quantitative estimate of drug-likeness (QED) is 0.144. The second-order valence-electron chi connectivity index (χ2n) is 16.3. The smallest absolute Gasteiger partial charge is 0.0645 e. The molecule has 11 aromatic carbocycles. The summed E-state index contributed by atoms with van der Waals surface area (Å²) >= 11 is 0. The van der Waals surface area contributed by atoms with Crippen LogP contribution in [0.2, 0.25) is 0 Å². The van der Waals surface area contributed by atoms with Crippen molar-refractivity contribution in [2.24, 2.45) is 0 Å². The zero-order valence-electron chi connectivity index (χ0n) is 39.4. The lowest BCUT2D eigenvalue weighted by Gasteiger charge is -2.27. The van der Waals surface area contributed by atoms with E-state index in [9.17, 15) is 5.48 Å². The molecule has 12 rings (SSSR count). The molecule has 65 heavy (non-hydrogen) atoms. The Labute approximate surface area is 384 Å². The first-order valence-electron chi connectivity index (χ1n) is 23.9. The Bertz CT molecular complexity index is 3870. The first-order valence-corrected chi connectivity index (χ1v) is 21.9. The highest BCUT2D eigenvalue weighted by Crippen LogP contribution is 2.44. The predicted molar refractivity (Wildman–Crippen MR) is 276 cm³/mol. The molecule has 0 aliphatic heterocycles. The van der Waals surface area contributed by atoms with Crippen molar-refractivity contribution in [2.45, 2.75) is 0 Å². The third-order valence-corrected chi connectivity index (χ3v) is 12.4. The van der Waals surface area contributed by atoms with E-state index in [0.717, 1.165) is 83.2 Å². The largest absolute Gasteiger partial charge is 0.310 e. The highest BCUT2D eigenvalue weighted by Gasteiger charge is 2.20. The van der Waals surface area contributed by atoms with Crippen molar-refractivity contribution in [3.8, 4) is 27.9 Å². The molecule has 306 valence electrons. The normalized spacial score (nSPS) is 12.2. The van der Waals surface area contributed by atoms with Crippen LogP contribution in [-0.4, -0.2) is 4.57 Å². The first-order chi connectivity index (χ1) is 33.9. The van der Waals surface area contributed by atoms with Crippen molar-refractivity contribution in [2.75, 3.05) is 9.80 Å². The van der Waals surface area contributed by atoms with Gasteiger partial charge in [0.05, 0.1) is 22.2 Å². The second-order valence-corrected chi connectivity index (χ2v) is 16.3. The maximum atomic E-state index is 9.53. The number of hydrogen-bond acceptors (Lipinski definition) is 2. The van der Waals surface area contributed by atoms with E-state index in [1.807, 2.05) is 102 Å². The molecule has 0 atom stereocenters. The van der Waals surface area contributed by atoms with Crippen molar-refractivity contribution in [1.29, 1.82) is 0 Å². The molecule has 0 N–H and O–H groups in total. The summed E-state index contributed by atoms with van der Waals surface area (Å²) in [4.78, 5) is 4.17. The molecule has 0 aliphatic rings. The van der Waals surface area contributed by atoms with Crippen LogP contribution in [0.4, 0.5) is 34.1 Å². The standard InChI is InChI=1S/C62H43N3/c1-4-16-44(17-5-1)47-20-14-25-54(41-47)63(51-21-6-2-7-22-51)53-35-32-45(33-36-53)48-30-31-50-42-55(37-34-49(50)40-48)64(60-29-15-19-46-18-10-11-26-57(46)60)56-38-39-62-59(43-56)58-27-12-13-28-61(58)65(62)52-23-8-3-9-24-52/h1-43H/i32D,33D,35D,36D. The predicted octanol–water partition coefficient (Wildman–Crippen LogP) is 17.4. The molecule has 12 aromatic rings. The Kier molecular flexibility index (Phi) is 8.47. The van der Waals surface area contributed by atoms with Crippen LogP contribution in [0.3, 0.4) is 0 Å². The topological polar surface area (TPSA) is 11.4 Å². The minimum atomic E-state index is -0.120. The Hall–Kier alpha value is -8.66. The van der Waals surface area contributed by atoms with E-state index in [1.54, 1.807) is 0 Å². The van der Waals surface area contributed by atoms with Crippen molar-refractivity contribution in [3.63, 3.8) is 0 Å². The molecule has 0 aliphatic carbocycles. The molecular formula is C62H43N3. The van der Waals surface area contributed by atoms with Gasteiger partial charge in [0.1, 0.15) is 0 Å². The SMILES string of the molecule is [2H]c1c([2H])c(N(c2ccccc2)c2cccc(-c3ccccc3)c2)c([2H])c([2H])c1-c1ccc2cc(N(c3ccc4c(c3)c3ccccc3n4-c3ccccc3)c3cccc4ccccc34)ccc2c1. The van der Waals surface area contributed by atoms with E-state index in [1.165, 1.54) is 5.39 Å². The van der Waals surface area contributed by atoms with Gasteiger partial charge in [0.15, 0.2) is 0 Å². The average Bonchev–Trinajstić information content (AvgIpc) is 3.74. The van der Waals surface area contributed by atoms with Gasteiger partial charge in [-0.15, -0.1) is 0 Å². The summed E-state index contributed by atoms with van der Waals surface area (Å²) in [6, 6.07) is 80.3. The van der Waals surface area contributed by atoms with Gasteiger partial charge in [-0.25, -0.2) is 0 Å². The Morgan fingerprint density at radius 2 is 0.862 bits per heavy atom. The molecule has 3 heteroatoms. The number of anilines is 6. The molecule has 3 nitrogen and oxygen atoms in total. The third-order valence-electron chi connectivity index (χ3n) is 12.4. The van der Waals surface area contributed by atoms with Gasteiger partial charge in [0.25, 0.3) is 0 Å². The maximum Gasteiger partial charge on any atom is 0.0645 e. The number of para-hydroxylation sites is 3. The zero-order chi connectivity index (χ0) is 46.6. The molecule has 0 amide bonds. The highest BCUT2D eigenvalue weighted by molar-refractivity contribution is 6.11. The van der Waals surface area contributed by atoms with E-state index in [2.05, 4.69) is 149 Å². The van der Waals surface area contributed by atoms with Gasteiger partial charge >= 0.3 is 0 Å². The van der Waals surface area contributed by atoms with E-state index < -0.39 is 0 Å². The van der Waals surface area contributed by atoms with Crippen LogP contribution < -0.4 is 9.80 Å². The van der Waals surface area contributed by atoms with Gasteiger partial charge in [0, 0.05) is 50.3 Å². The van der Waals surface area contributed by atoms with Crippen molar-refractivity contribution >= 4 is 77.5 Å². The molecular weight excluding hydrogens is 787 g/mol. The summed E-state index contributed by atoms with van der Waals surface area (Å²) in [6.07, 6.45) is 0. The van der Waals surface area contributed by atoms with Gasteiger partial charge in [-0.1, -0.05) is 164 Å². The molecule has 1 heterocycles. The zero-order valence-corrected chi connectivity index (χ0v) is 35.4. The van der Waals surface area contributed by atoms with Crippen LogP contribution in [0.5, 0.6) is 0 Å². The maximum absolute atomic E-state index is 9.53. The van der Waals surface area contributed by atoms with Crippen molar-refractivity contribution in [1.82, 2.24) is 4.57 Å². The lowest BCUT2D eigenvalue weighted by molar-refractivity contribution is 1.18. The van der Waals surface area contributed by atoms with Gasteiger partial charge in [-0.05, 0) is 135 Å². The van der Waals surface area contributed by atoms with Crippen LogP contribution in [0.25, 0.3) is 71.3 Å². The Morgan fingerprint density at radius 1 is 0.292 bits per heavy atom. The molecule has 1 aromatic heterocycles. The second kappa shape index (κ2) is 16.2. The fraction of sp³-hybridized carbons (Fsp3) is 0. The van der Waals surface area contributed by atoms with Crippen LogP contribution in [-0.2, 0) is 0 Å². The van der Waals surface area contributed by atoms with Crippen molar-refractivity contribution < 1.29 is 5.48 Å². The Balaban J connectivity index is 0.974. The molecule has 0 bridgehead atoms. The minimum Gasteiger partial charge on any atom is -0.310 e. The van der Waals surface area contributed by atoms with Crippen molar-refractivity contribution in [3.05, 3.63) is 261 Å². The molecule has 0 unspecified atom stereocenters. The summed E-state index contributed by atoms with van der Waals surface area (Å²) in [5.41, 5.74) is 11.0. The Morgan fingerprint density at radius 3 is 1.69 bits per heavy atom.